The molecule has 0 saturated carbocycles. The van der Waals surface area contributed by atoms with Crippen LogP contribution >= 0.6 is 0 Å². The van der Waals surface area contributed by atoms with E-state index in [0.29, 0.717) is 44.4 Å². The first-order valence-corrected chi connectivity index (χ1v) is 12.5. The summed E-state index contributed by atoms with van der Waals surface area (Å²) in [5.74, 6) is 0.196. The third-order valence-electron chi connectivity index (χ3n) is 6.87. The van der Waals surface area contributed by atoms with Crippen molar-refractivity contribution in [3.63, 3.8) is 0 Å². The van der Waals surface area contributed by atoms with Crippen LogP contribution in [0.5, 0.6) is 5.75 Å². The summed E-state index contributed by atoms with van der Waals surface area (Å²) in [5.41, 5.74) is 2.65. The van der Waals surface area contributed by atoms with Crippen LogP contribution in [0.15, 0.2) is 48.5 Å². The van der Waals surface area contributed by atoms with E-state index in [9.17, 15) is 14.7 Å². The number of rotatable bonds is 5. The molecule has 0 radical (unpaired) electrons. The molecule has 9 nitrogen and oxygen atoms in total. The molecule has 2 aliphatic heterocycles. The number of phenolic OH excluding ortho intramolecular Hbond substituents is 1. The number of phenols is 1. The van der Waals surface area contributed by atoms with Crippen LogP contribution in [0, 0.1) is 0 Å². The highest BCUT2D eigenvalue weighted by Gasteiger charge is 2.32. The summed E-state index contributed by atoms with van der Waals surface area (Å²) in [6.45, 7) is 10.1. The van der Waals surface area contributed by atoms with Gasteiger partial charge in [-0.15, -0.1) is 0 Å². The van der Waals surface area contributed by atoms with Crippen molar-refractivity contribution in [3.05, 3.63) is 65.2 Å². The summed E-state index contributed by atoms with van der Waals surface area (Å²) in [6.07, 6.45) is -0.324. The summed E-state index contributed by atoms with van der Waals surface area (Å²) in [6, 6.07) is 15.8. The van der Waals surface area contributed by atoms with Gasteiger partial charge in [0.05, 0.1) is 12.6 Å². The molecule has 0 aromatic heterocycles. The molecule has 0 unspecified atom stereocenters. The Morgan fingerprint density at radius 2 is 1.67 bits per heavy atom. The van der Waals surface area contributed by atoms with Crippen molar-refractivity contribution >= 4 is 12.0 Å². The smallest absolute Gasteiger partial charge is 0.409 e. The van der Waals surface area contributed by atoms with Crippen molar-refractivity contribution in [1.29, 1.82) is 0 Å². The Bertz CT molecular complexity index is 1040. The molecule has 0 spiro atoms. The molecule has 2 aliphatic rings. The number of hydrogen-bond donors (Lipinski definition) is 3. The van der Waals surface area contributed by atoms with Gasteiger partial charge in [-0.25, -0.2) is 4.79 Å². The van der Waals surface area contributed by atoms with Crippen molar-refractivity contribution in [2.24, 2.45) is 0 Å². The molecule has 3 atom stereocenters. The number of carbonyl (C=O) groups excluding carboxylic acids is 2. The normalized spacial score (nSPS) is 21.4. The second-order valence-corrected chi connectivity index (χ2v) is 9.46. The summed E-state index contributed by atoms with van der Waals surface area (Å²) in [7, 11) is 0. The van der Waals surface area contributed by atoms with Gasteiger partial charge in [0, 0.05) is 56.9 Å². The lowest BCUT2D eigenvalue weighted by atomic mass is 9.92. The maximum absolute atomic E-state index is 13.4. The Balaban J connectivity index is 0.00000361. The van der Waals surface area contributed by atoms with Crippen molar-refractivity contribution in [3.8, 4) is 5.75 Å². The number of nitrogens with zero attached hydrogens (tertiary/aromatic N) is 3. The molecule has 2 aromatic carbocycles. The van der Waals surface area contributed by atoms with Gasteiger partial charge in [-0.3, -0.25) is 9.69 Å². The molecule has 4 rings (SSSR count). The molecular weight excluding hydrogens is 458 g/mol. The molecule has 9 heteroatoms. The summed E-state index contributed by atoms with van der Waals surface area (Å²) in [5, 5.41) is 13.7. The number of hydrogen-bond acceptors (Lipinski definition) is 7. The van der Waals surface area contributed by atoms with E-state index in [4.69, 9.17) is 4.74 Å². The summed E-state index contributed by atoms with van der Waals surface area (Å²) < 4.78 is 5.08. The van der Waals surface area contributed by atoms with E-state index in [1.54, 1.807) is 22.8 Å². The first kappa shape index (κ1) is 27.4. The van der Waals surface area contributed by atoms with Gasteiger partial charge < -0.3 is 31.1 Å². The van der Waals surface area contributed by atoms with Crippen LogP contribution < -0.4 is 11.5 Å². The Hall–Kier alpha value is -3.14. The first-order chi connectivity index (χ1) is 16.9. The molecule has 5 N–H and O–H groups in total. The molecule has 2 heterocycles. The molecule has 36 heavy (non-hydrogen) atoms. The van der Waals surface area contributed by atoms with Crippen molar-refractivity contribution in [1.82, 2.24) is 26.2 Å². The van der Waals surface area contributed by atoms with Crippen LogP contribution in [-0.2, 0) is 4.74 Å². The van der Waals surface area contributed by atoms with E-state index in [0.717, 1.165) is 24.2 Å². The van der Waals surface area contributed by atoms with Gasteiger partial charge >= 0.3 is 6.09 Å². The minimum Gasteiger partial charge on any atom is -0.508 e. The predicted octanol–water partition coefficient (Wildman–Crippen LogP) is 3.24. The summed E-state index contributed by atoms with van der Waals surface area (Å²) >= 11 is 0. The monoisotopic (exact) mass is 497 g/mol. The zero-order chi connectivity index (χ0) is 24.9. The van der Waals surface area contributed by atoms with Crippen molar-refractivity contribution < 1.29 is 19.4 Å². The quantitative estimate of drug-likeness (QED) is 0.580. The van der Waals surface area contributed by atoms with Gasteiger partial charge in [0.2, 0.25) is 0 Å². The Morgan fingerprint density at radius 1 is 1.03 bits per heavy atom. The zero-order valence-electron chi connectivity index (χ0n) is 21.5. The number of aromatic hydroxyl groups is 1. The molecule has 2 amide bonds. The Morgan fingerprint density at radius 3 is 2.33 bits per heavy atom. The molecule has 2 saturated heterocycles. The number of piperazine rings is 2. The van der Waals surface area contributed by atoms with E-state index >= 15 is 0 Å². The molecule has 2 aromatic rings. The van der Waals surface area contributed by atoms with Crippen LogP contribution in [0.2, 0.25) is 0 Å². The van der Waals surface area contributed by atoms with E-state index in [1.165, 1.54) is 0 Å². The lowest BCUT2D eigenvalue weighted by molar-refractivity contribution is 0.0570. The third-order valence-corrected chi connectivity index (χ3v) is 6.87. The topological polar surface area (TPSA) is 120 Å². The first-order valence-electron chi connectivity index (χ1n) is 12.5. The van der Waals surface area contributed by atoms with Crippen molar-refractivity contribution in [2.45, 2.75) is 38.9 Å². The number of ether oxygens (including phenoxy) is 1. The lowest BCUT2D eigenvalue weighted by Gasteiger charge is -2.43. The fraction of sp³-hybridized carbons (Fsp3) is 0.481. The van der Waals surface area contributed by atoms with Crippen LogP contribution in [0.3, 0.4) is 0 Å². The van der Waals surface area contributed by atoms with E-state index in [1.807, 2.05) is 36.4 Å². The van der Waals surface area contributed by atoms with Crippen molar-refractivity contribution in [2.75, 3.05) is 45.9 Å². The molecule has 2 fully saturated rings. The average Bonchev–Trinajstić information content (AvgIpc) is 2.86. The maximum Gasteiger partial charge on any atom is 0.409 e. The largest absolute Gasteiger partial charge is 0.508 e. The molecular formula is C27H39N5O4. The van der Waals surface area contributed by atoms with Gasteiger partial charge in [-0.05, 0) is 56.2 Å². The lowest BCUT2D eigenvalue weighted by Crippen LogP contribution is -2.55. The van der Waals surface area contributed by atoms with E-state index < -0.39 is 0 Å². The predicted molar refractivity (Wildman–Crippen MR) is 140 cm³/mol. The maximum atomic E-state index is 13.4. The number of carbonyl (C=O) groups is 2. The van der Waals surface area contributed by atoms with Gasteiger partial charge in [0.15, 0.2) is 0 Å². The van der Waals surface area contributed by atoms with Crippen LogP contribution in [0.1, 0.15) is 48.3 Å². The standard InChI is InChI=1S/C27H36N4O4.H3N/c1-4-35-27(34)30-13-11-29(12-14-30)26(33)23-9-5-7-21(15-23)25(22-8-6-10-24(32)16-22)31-18-19(2)28-17-20(31)3;/h5-10,15-16,19-20,25,28,32H,4,11-14,17-18H2,1-3H3;1H3/t19-,20+,25-;/m1./s1. The fourth-order valence-corrected chi connectivity index (χ4v) is 5.01. The Kier molecular flexibility index (Phi) is 9.31. The second kappa shape index (κ2) is 12.2. The Labute approximate surface area is 213 Å². The highest BCUT2D eigenvalue weighted by Crippen LogP contribution is 2.33. The van der Waals surface area contributed by atoms with Crippen LogP contribution in [0.25, 0.3) is 0 Å². The minimum absolute atomic E-state index is 0. The number of benzene rings is 2. The second-order valence-electron chi connectivity index (χ2n) is 9.46. The number of amides is 2. The third kappa shape index (κ3) is 6.16. The SMILES string of the molecule is CCOC(=O)N1CCN(C(=O)c2cccc([C@H](c3cccc(O)c3)N3C[C@@H](C)NC[C@@H]3C)c2)CC1.N. The van der Waals surface area contributed by atoms with E-state index in [2.05, 4.69) is 30.1 Å². The average molecular weight is 498 g/mol. The molecule has 196 valence electrons. The molecule has 0 aliphatic carbocycles. The highest BCUT2D eigenvalue weighted by atomic mass is 16.6. The van der Waals surface area contributed by atoms with Crippen LogP contribution in [0.4, 0.5) is 4.79 Å². The van der Waals surface area contributed by atoms with Crippen LogP contribution in [-0.4, -0.2) is 89.8 Å². The number of nitrogens with one attached hydrogen (secondary N) is 1. The summed E-state index contributed by atoms with van der Waals surface area (Å²) in [4.78, 5) is 31.3. The van der Waals surface area contributed by atoms with Gasteiger partial charge in [0.25, 0.3) is 5.91 Å². The minimum atomic E-state index is -0.324. The van der Waals surface area contributed by atoms with E-state index in [-0.39, 0.29) is 36.0 Å². The van der Waals surface area contributed by atoms with Gasteiger partial charge in [0.1, 0.15) is 5.75 Å². The highest BCUT2D eigenvalue weighted by molar-refractivity contribution is 5.94. The fourth-order valence-electron chi connectivity index (χ4n) is 5.01. The zero-order valence-corrected chi connectivity index (χ0v) is 21.5. The molecule has 0 bridgehead atoms. The van der Waals surface area contributed by atoms with Gasteiger partial charge in [-0.2, -0.15) is 0 Å². The van der Waals surface area contributed by atoms with Gasteiger partial charge in [-0.1, -0.05) is 24.3 Å².